The van der Waals surface area contributed by atoms with E-state index in [1.54, 1.807) is 7.11 Å². The molecule has 3 aliphatic rings. The number of carbonyl (C=O) groups excluding carboxylic acids is 1. The molecule has 2 saturated carbocycles. The van der Waals surface area contributed by atoms with Crippen molar-refractivity contribution >= 4 is 5.78 Å². The van der Waals surface area contributed by atoms with Crippen LogP contribution in [0.5, 0.6) is 11.5 Å². The SMILES string of the molecule is COc1cccc(CCC2CC(=O)[C@@]3(C)CC[C@@H]4c5ccc(O)cc5CC[C@H]4[C@H]23)c1. The van der Waals surface area contributed by atoms with Gasteiger partial charge in [-0.05, 0) is 103 Å². The number of methoxy groups -OCH3 is 1. The Morgan fingerprint density at radius 3 is 2.87 bits per heavy atom. The summed E-state index contributed by atoms with van der Waals surface area (Å²) in [5.74, 6) is 3.86. The second-order valence-corrected chi connectivity index (χ2v) is 9.95. The van der Waals surface area contributed by atoms with Crippen molar-refractivity contribution in [3.63, 3.8) is 0 Å². The molecule has 0 amide bonds. The van der Waals surface area contributed by atoms with Crippen LogP contribution in [0.15, 0.2) is 42.5 Å². The van der Waals surface area contributed by atoms with Gasteiger partial charge >= 0.3 is 0 Å². The quantitative estimate of drug-likeness (QED) is 0.713. The van der Waals surface area contributed by atoms with Crippen molar-refractivity contribution in [1.29, 1.82) is 0 Å². The molecule has 0 saturated heterocycles. The zero-order valence-corrected chi connectivity index (χ0v) is 18.1. The van der Waals surface area contributed by atoms with Crippen molar-refractivity contribution in [2.24, 2.45) is 23.2 Å². The number of ketones is 1. The van der Waals surface area contributed by atoms with Crippen LogP contribution in [0.4, 0.5) is 0 Å². The highest BCUT2D eigenvalue weighted by atomic mass is 16.5. The van der Waals surface area contributed by atoms with E-state index in [4.69, 9.17) is 4.74 Å². The lowest BCUT2D eigenvalue weighted by atomic mass is 9.54. The van der Waals surface area contributed by atoms with Crippen LogP contribution >= 0.6 is 0 Å². The van der Waals surface area contributed by atoms with Crippen molar-refractivity contribution in [3.8, 4) is 11.5 Å². The summed E-state index contributed by atoms with van der Waals surface area (Å²) in [4.78, 5) is 13.2. The summed E-state index contributed by atoms with van der Waals surface area (Å²) >= 11 is 0. The Kier molecular flexibility index (Phi) is 4.88. The summed E-state index contributed by atoms with van der Waals surface area (Å²) in [6.07, 6.45) is 7.10. The molecule has 0 bridgehead atoms. The van der Waals surface area contributed by atoms with E-state index in [0.29, 0.717) is 35.2 Å². The van der Waals surface area contributed by atoms with Crippen molar-refractivity contribution in [3.05, 3.63) is 59.2 Å². The average molecular weight is 405 g/mol. The number of carbonyl (C=O) groups is 1. The Bertz CT molecular complexity index is 964. The summed E-state index contributed by atoms with van der Waals surface area (Å²) < 4.78 is 5.39. The van der Waals surface area contributed by atoms with Crippen LogP contribution in [0.2, 0.25) is 0 Å². The van der Waals surface area contributed by atoms with Gasteiger partial charge in [0, 0.05) is 11.8 Å². The third-order valence-corrected chi connectivity index (χ3v) is 8.49. The summed E-state index contributed by atoms with van der Waals surface area (Å²) in [6, 6.07) is 14.3. The fourth-order valence-corrected chi connectivity index (χ4v) is 7.07. The maximum atomic E-state index is 13.2. The first-order chi connectivity index (χ1) is 14.5. The van der Waals surface area contributed by atoms with Gasteiger partial charge in [-0.15, -0.1) is 0 Å². The number of fused-ring (bicyclic) bond motifs is 5. The van der Waals surface area contributed by atoms with Crippen LogP contribution in [-0.4, -0.2) is 18.0 Å². The Labute approximate surface area is 179 Å². The van der Waals surface area contributed by atoms with Gasteiger partial charge in [0.15, 0.2) is 0 Å². The number of phenolic OH excluding ortho intramolecular Hbond substituents is 1. The van der Waals surface area contributed by atoms with Gasteiger partial charge in [0.1, 0.15) is 17.3 Å². The molecule has 2 aromatic rings. The number of aryl methyl sites for hydroxylation is 2. The molecule has 5 atom stereocenters. The third kappa shape index (κ3) is 3.14. The third-order valence-electron chi connectivity index (χ3n) is 8.49. The standard InChI is InChI=1S/C27H32O3/c1-27-13-12-23-22-11-9-20(28)15-18(22)8-10-24(23)26(27)19(16-25(27)29)7-6-17-4-3-5-21(14-17)30-2/h3-5,9,11,14-15,19,23-24,26,28H,6-8,10,12-13,16H2,1-2H3/t19?,23-,24-,26+,27-/m1/s1. The molecule has 3 nitrogen and oxygen atoms in total. The second-order valence-electron chi connectivity index (χ2n) is 9.95. The topological polar surface area (TPSA) is 46.5 Å². The van der Waals surface area contributed by atoms with E-state index in [1.807, 2.05) is 18.2 Å². The minimum atomic E-state index is -0.144. The lowest BCUT2D eigenvalue weighted by Gasteiger charge is -2.50. The van der Waals surface area contributed by atoms with Gasteiger partial charge < -0.3 is 9.84 Å². The van der Waals surface area contributed by atoms with Gasteiger partial charge in [-0.25, -0.2) is 0 Å². The van der Waals surface area contributed by atoms with Crippen molar-refractivity contribution in [2.45, 2.75) is 57.8 Å². The van der Waals surface area contributed by atoms with Gasteiger partial charge in [0.2, 0.25) is 0 Å². The van der Waals surface area contributed by atoms with Crippen molar-refractivity contribution in [2.75, 3.05) is 7.11 Å². The molecular formula is C27H32O3. The van der Waals surface area contributed by atoms with Crippen LogP contribution in [0.25, 0.3) is 0 Å². The van der Waals surface area contributed by atoms with Gasteiger partial charge in [-0.2, -0.15) is 0 Å². The largest absolute Gasteiger partial charge is 0.508 e. The number of phenols is 1. The van der Waals surface area contributed by atoms with E-state index in [1.165, 1.54) is 16.7 Å². The summed E-state index contributed by atoms with van der Waals surface area (Å²) in [5, 5.41) is 9.91. The molecule has 2 aromatic carbocycles. The molecule has 1 unspecified atom stereocenters. The molecule has 1 N–H and O–H groups in total. The van der Waals surface area contributed by atoms with E-state index in [-0.39, 0.29) is 5.41 Å². The zero-order valence-electron chi connectivity index (χ0n) is 18.1. The number of ether oxygens (including phenoxy) is 1. The number of Topliss-reactive ketones (excluding diaryl/α,β-unsaturated/α-hetero) is 1. The monoisotopic (exact) mass is 404 g/mol. The van der Waals surface area contributed by atoms with Crippen molar-refractivity contribution < 1.29 is 14.6 Å². The first-order valence-corrected chi connectivity index (χ1v) is 11.5. The number of hydrogen-bond donors (Lipinski definition) is 1. The fourth-order valence-electron chi connectivity index (χ4n) is 7.07. The lowest BCUT2D eigenvalue weighted by molar-refractivity contribution is -0.129. The molecular weight excluding hydrogens is 372 g/mol. The molecule has 0 heterocycles. The maximum absolute atomic E-state index is 13.2. The minimum Gasteiger partial charge on any atom is -0.508 e. The van der Waals surface area contributed by atoms with E-state index in [9.17, 15) is 9.90 Å². The van der Waals surface area contributed by atoms with Crippen LogP contribution in [0, 0.1) is 23.2 Å². The lowest BCUT2D eigenvalue weighted by Crippen LogP contribution is -2.44. The van der Waals surface area contributed by atoms with Crippen LogP contribution in [0.1, 0.15) is 61.6 Å². The molecule has 3 heteroatoms. The normalized spacial score (nSPS) is 32.3. The highest BCUT2D eigenvalue weighted by Crippen LogP contribution is 2.62. The molecule has 0 radical (unpaired) electrons. The molecule has 0 spiro atoms. The number of benzene rings is 2. The molecule has 30 heavy (non-hydrogen) atoms. The van der Waals surface area contributed by atoms with Gasteiger partial charge in [0.25, 0.3) is 0 Å². The number of aromatic hydroxyl groups is 1. The smallest absolute Gasteiger partial charge is 0.139 e. The predicted octanol–water partition coefficient (Wildman–Crippen LogP) is 5.68. The second kappa shape index (κ2) is 7.44. The highest BCUT2D eigenvalue weighted by Gasteiger charge is 2.58. The van der Waals surface area contributed by atoms with E-state index in [2.05, 4.69) is 31.2 Å². The van der Waals surface area contributed by atoms with Crippen LogP contribution < -0.4 is 4.74 Å². The molecule has 0 aliphatic heterocycles. The summed E-state index contributed by atoms with van der Waals surface area (Å²) in [6.45, 7) is 2.26. The first kappa shape index (κ1) is 19.7. The van der Waals surface area contributed by atoms with Crippen LogP contribution in [0.3, 0.4) is 0 Å². The molecule has 158 valence electrons. The number of hydrogen-bond acceptors (Lipinski definition) is 3. The Morgan fingerprint density at radius 1 is 1.17 bits per heavy atom. The molecule has 5 rings (SSSR count). The first-order valence-electron chi connectivity index (χ1n) is 11.5. The Morgan fingerprint density at radius 2 is 2.03 bits per heavy atom. The minimum absolute atomic E-state index is 0.144. The van der Waals surface area contributed by atoms with Gasteiger partial charge in [-0.1, -0.05) is 25.1 Å². The van der Waals surface area contributed by atoms with E-state index < -0.39 is 0 Å². The fraction of sp³-hybridized carbons (Fsp3) is 0.519. The number of rotatable bonds is 4. The average Bonchev–Trinajstić information content (AvgIpc) is 3.02. The molecule has 2 fully saturated rings. The maximum Gasteiger partial charge on any atom is 0.139 e. The van der Waals surface area contributed by atoms with Gasteiger partial charge in [0.05, 0.1) is 7.11 Å². The van der Waals surface area contributed by atoms with E-state index >= 15 is 0 Å². The van der Waals surface area contributed by atoms with Gasteiger partial charge in [-0.3, -0.25) is 4.79 Å². The Hall–Kier alpha value is -2.29. The van der Waals surface area contributed by atoms with E-state index in [0.717, 1.165) is 50.7 Å². The zero-order chi connectivity index (χ0) is 20.9. The molecule has 0 aromatic heterocycles. The highest BCUT2D eigenvalue weighted by molar-refractivity contribution is 5.87. The Balaban J connectivity index is 1.40. The van der Waals surface area contributed by atoms with Crippen molar-refractivity contribution in [1.82, 2.24) is 0 Å². The molecule has 3 aliphatic carbocycles. The van der Waals surface area contributed by atoms with Crippen LogP contribution in [-0.2, 0) is 17.6 Å². The summed E-state index contributed by atoms with van der Waals surface area (Å²) in [7, 11) is 1.71. The summed E-state index contributed by atoms with van der Waals surface area (Å²) in [5.41, 5.74) is 3.90. The predicted molar refractivity (Wildman–Crippen MR) is 118 cm³/mol.